The summed E-state index contributed by atoms with van der Waals surface area (Å²) in [7, 11) is 0. The molecule has 0 aromatic heterocycles. The van der Waals surface area contributed by atoms with Crippen LogP contribution in [0.2, 0.25) is 10.0 Å². The molecule has 2 aliphatic heterocycles. The van der Waals surface area contributed by atoms with Crippen molar-refractivity contribution in [2.24, 2.45) is 0 Å². The van der Waals surface area contributed by atoms with Crippen LogP contribution in [0.4, 0.5) is 14.9 Å². The average molecular weight is 600 g/mol. The van der Waals surface area contributed by atoms with E-state index in [0.29, 0.717) is 37.3 Å². The standard InChI is InChI=1S/C29H24Cl2FN3O4S/c30-23-14-20(15-24(31)27(23)39-18-19-5-4-6-21(32)13-19)16-25-28(37)35(29(38)40-25)17-26(36)34-11-9-33(10-12-34)22-7-2-1-3-8-22/h1-8,13-16H,9-12,17-18H2/b25-16+. The van der Waals surface area contributed by atoms with E-state index >= 15 is 0 Å². The first-order valence-corrected chi connectivity index (χ1v) is 14.0. The number of carbonyl (C=O) groups is 3. The van der Waals surface area contributed by atoms with Gasteiger partial charge in [0.2, 0.25) is 5.91 Å². The van der Waals surface area contributed by atoms with Crippen molar-refractivity contribution in [2.75, 3.05) is 37.6 Å². The summed E-state index contributed by atoms with van der Waals surface area (Å²) in [6.07, 6.45) is 1.50. The maximum absolute atomic E-state index is 13.4. The molecule has 0 atom stereocenters. The van der Waals surface area contributed by atoms with Crippen LogP contribution in [0.1, 0.15) is 11.1 Å². The van der Waals surface area contributed by atoms with Crippen LogP contribution in [0.15, 0.2) is 71.6 Å². The number of hydrogen-bond donors (Lipinski definition) is 0. The molecule has 206 valence electrons. The third kappa shape index (κ3) is 6.43. The van der Waals surface area contributed by atoms with E-state index in [1.54, 1.807) is 29.2 Å². The molecule has 0 saturated carbocycles. The second-order valence-corrected chi connectivity index (χ2v) is 11.0. The number of imide groups is 1. The van der Waals surface area contributed by atoms with E-state index in [-0.39, 0.29) is 45.6 Å². The molecule has 0 N–H and O–H groups in total. The van der Waals surface area contributed by atoms with Crippen molar-refractivity contribution in [3.05, 3.63) is 98.6 Å². The van der Waals surface area contributed by atoms with E-state index in [1.807, 2.05) is 30.3 Å². The van der Waals surface area contributed by atoms with Crippen molar-refractivity contribution in [1.29, 1.82) is 0 Å². The van der Waals surface area contributed by atoms with E-state index in [9.17, 15) is 18.8 Å². The van der Waals surface area contributed by atoms with Gasteiger partial charge < -0.3 is 14.5 Å². The summed E-state index contributed by atoms with van der Waals surface area (Å²) in [5, 5.41) is -0.127. The van der Waals surface area contributed by atoms with Gasteiger partial charge in [-0.1, -0.05) is 53.5 Å². The lowest BCUT2D eigenvalue weighted by Crippen LogP contribution is -2.51. The highest BCUT2D eigenvalue weighted by Crippen LogP contribution is 2.38. The molecular formula is C29H24Cl2FN3O4S. The monoisotopic (exact) mass is 599 g/mol. The number of thioether (sulfide) groups is 1. The van der Waals surface area contributed by atoms with Gasteiger partial charge in [-0.25, -0.2) is 4.39 Å². The molecule has 0 spiro atoms. The number of rotatable bonds is 7. The Morgan fingerprint density at radius 3 is 2.33 bits per heavy atom. The average Bonchev–Trinajstić information content (AvgIpc) is 3.20. The van der Waals surface area contributed by atoms with Crippen LogP contribution in [0.3, 0.4) is 0 Å². The Morgan fingerprint density at radius 1 is 0.950 bits per heavy atom. The van der Waals surface area contributed by atoms with Gasteiger partial charge in [0.1, 0.15) is 19.0 Å². The van der Waals surface area contributed by atoms with Crippen LogP contribution in [0.25, 0.3) is 6.08 Å². The molecule has 2 saturated heterocycles. The first-order chi connectivity index (χ1) is 19.3. The Morgan fingerprint density at radius 2 is 1.65 bits per heavy atom. The largest absolute Gasteiger partial charge is 0.486 e. The minimum atomic E-state index is -0.551. The fraction of sp³-hybridized carbons (Fsp3) is 0.207. The quantitative estimate of drug-likeness (QED) is 0.306. The molecular weight excluding hydrogens is 576 g/mol. The van der Waals surface area contributed by atoms with Crippen LogP contribution < -0.4 is 9.64 Å². The Labute approximate surface area is 245 Å². The van der Waals surface area contributed by atoms with Crippen molar-refractivity contribution in [2.45, 2.75) is 6.61 Å². The normalized spacial score (nSPS) is 16.7. The van der Waals surface area contributed by atoms with E-state index in [1.165, 1.54) is 18.2 Å². The lowest BCUT2D eigenvalue weighted by Gasteiger charge is -2.36. The summed E-state index contributed by atoms with van der Waals surface area (Å²) < 4.78 is 19.1. The van der Waals surface area contributed by atoms with Gasteiger partial charge in [-0.05, 0) is 65.4 Å². The van der Waals surface area contributed by atoms with Gasteiger partial charge in [-0.15, -0.1) is 0 Å². The summed E-state index contributed by atoms with van der Waals surface area (Å²) in [6.45, 7) is 2.09. The zero-order chi connectivity index (χ0) is 28.2. The Kier molecular flexibility index (Phi) is 8.63. The first-order valence-electron chi connectivity index (χ1n) is 12.5. The van der Waals surface area contributed by atoms with Crippen molar-refractivity contribution in [3.8, 4) is 5.75 Å². The maximum atomic E-state index is 13.4. The summed E-state index contributed by atoms with van der Waals surface area (Å²) in [4.78, 5) is 43.6. The molecule has 0 radical (unpaired) electrons. The number of halogens is 3. The third-order valence-electron chi connectivity index (χ3n) is 6.51. The van der Waals surface area contributed by atoms with E-state index in [0.717, 1.165) is 22.3 Å². The molecule has 0 unspecified atom stereocenters. The second-order valence-electron chi connectivity index (χ2n) is 9.20. The molecule has 5 rings (SSSR count). The zero-order valence-electron chi connectivity index (χ0n) is 21.2. The minimum absolute atomic E-state index is 0.0603. The predicted octanol–water partition coefficient (Wildman–Crippen LogP) is 6.10. The number of benzene rings is 3. The van der Waals surface area contributed by atoms with Crippen LogP contribution >= 0.6 is 35.0 Å². The van der Waals surface area contributed by atoms with Crippen molar-refractivity contribution >= 4 is 63.8 Å². The van der Waals surface area contributed by atoms with Gasteiger partial charge in [-0.3, -0.25) is 19.3 Å². The van der Waals surface area contributed by atoms with Gasteiger partial charge in [0, 0.05) is 31.9 Å². The number of ether oxygens (including phenoxy) is 1. The summed E-state index contributed by atoms with van der Waals surface area (Å²) in [5.41, 5.74) is 2.19. The number of carbonyl (C=O) groups excluding carboxylic acids is 3. The molecule has 7 nitrogen and oxygen atoms in total. The van der Waals surface area contributed by atoms with E-state index in [4.69, 9.17) is 27.9 Å². The second kappa shape index (κ2) is 12.3. The van der Waals surface area contributed by atoms with Crippen molar-refractivity contribution < 1.29 is 23.5 Å². The molecule has 40 heavy (non-hydrogen) atoms. The van der Waals surface area contributed by atoms with Crippen LogP contribution in [0, 0.1) is 5.82 Å². The third-order valence-corrected chi connectivity index (χ3v) is 7.98. The molecule has 2 fully saturated rings. The van der Waals surface area contributed by atoms with E-state index in [2.05, 4.69) is 4.90 Å². The molecule has 0 bridgehead atoms. The molecule has 2 heterocycles. The number of piperazine rings is 1. The number of para-hydroxylation sites is 1. The molecule has 3 aromatic rings. The lowest BCUT2D eigenvalue weighted by atomic mass is 10.2. The van der Waals surface area contributed by atoms with Gasteiger partial charge in [-0.2, -0.15) is 0 Å². The summed E-state index contributed by atoms with van der Waals surface area (Å²) >= 11 is 13.5. The molecule has 3 aromatic carbocycles. The lowest BCUT2D eigenvalue weighted by molar-refractivity contribution is -0.136. The number of hydrogen-bond acceptors (Lipinski definition) is 6. The highest BCUT2D eigenvalue weighted by atomic mass is 35.5. The highest BCUT2D eigenvalue weighted by molar-refractivity contribution is 8.18. The molecule has 2 aliphatic rings. The van der Waals surface area contributed by atoms with Crippen LogP contribution in [-0.4, -0.2) is 59.6 Å². The topological polar surface area (TPSA) is 70.2 Å². The Hall–Kier alpha value is -3.53. The van der Waals surface area contributed by atoms with Gasteiger partial charge in [0.15, 0.2) is 5.75 Å². The highest BCUT2D eigenvalue weighted by Gasteiger charge is 2.37. The van der Waals surface area contributed by atoms with Gasteiger partial charge in [0.05, 0.1) is 15.0 Å². The SMILES string of the molecule is O=C(CN1C(=O)S/C(=C/c2cc(Cl)c(OCc3cccc(F)c3)c(Cl)c2)C1=O)N1CCN(c2ccccc2)CC1. The fourth-order valence-corrected chi connectivity index (χ4v) is 5.91. The van der Waals surface area contributed by atoms with Gasteiger partial charge in [0.25, 0.3) is 11.1 Å². The minimum Gasteiger partial charge on any atom is -0.486 e. The number of anilines is 1. The Balaban J connectivity index is 1.20. The smallest absolute Gasteiger partial charge is 0.294 e. The van der Waals surface area contributed by atoms with E-state index < -0.39 is 11.1 Å². The number of nitrogens with zero attached hydrogens (tertiary/aromatic N) is 3. The zero-order valence-corrected chi connectivity index (χ0v) is 23.5. The Bertz CT molecular complexity index is 1460. The van der Waals surface area contributed by atoms with Crippen molar-refractivity contribution in [3.63, 3.8) is 0 Å². The van der Waals surface area contributed by atoms with Gasteiger partial charge >= 0.3 is 0 Å². The first kappa shape index (κ1) is 28.0. The fourth-order valence-electron chi connectivity index (χ4n) is 4.46. The predicted molar refractivity (Wildman–Crippen MR) is 155 cm³/mol. The van der Waals surface area contributed by atoms with Crippen molar-refractivity contribution in [1.82, 2.24) is 9.80 Å². The van der Waals surface area contributed by atoms with Crippen LogP contribution in [-0.2, 0) is 16.2 Å². The van der Waals surface area contributed by atoms with Crippen LogP contribution in [0.5, 0.6) is 5.75 Å². The maximum Gasteiger partial charge on any atom is 0.294 e. The summed E-state index contributed by atoms with van der Waals surface area (Å²) in [6, 6.07) is 19.0. The number of amides is 3. The summed E-state index contributed by atoms with van der Waals surface area (Å²) in [5.74, 6) is -0.988. The molecule has 11 heteroatoms. The molecule has 0 aliphatic carbocycles. The molecule has 3 amide bonds.